The third-order valence-corrected chi connectivity index (χ3v) is 7.04. The lowest BCUT2D eigenvalue weighted by molar-refractivity contribution is -0.142. The first kappa shape index (κ1) is 17.4. The molecular formula is C17H24N2O4S. The van der Waals surface area contributed by atoms with E-state index < -0.39 is 14.6 Å². The van der Waals surface area contributed by atoms with Gasteiger partial charge in [0.1, 0.15) is 6.10 Å². The van der Waals surface area contributed by atoms with Crippen LogP contribution in [0, 0.1) is 0 Å². The molecule has 2 aliphatic rings. The van der Waals surface area contributed by atoms with Crippen LogP contribution in [0.1, 0.15) is 24.5 Å². The molecule has 0 bridgehead atoms. The van der Waals surface area contributed by atoms with Crippen molar-refractivity contribution in [1.82, 2.24) is 10.2 Å². The van der Waals surface area contributed by atoms with Crippen LogP contribution in [0.3, 0.4) is 0 Å². The Morgan fingerprint density at radius 2 is 1.92 bits per heavy atom. The van der Waals surface area contributed by atoms with Crippen LogP contribution in [0.15, 0.2) is 30.3 Å². The van der Waals surface area contributed by atoms with Crippen molar-refractivity contribution in [3.63, 3.8) is 0 Å². The quantitative estimate of drug-likeness (QED) is 0.869. The van der Waals surface area contributed by atoms with Crippen LogP contribution in [-0.2, 0) is 19.4 Å². The highest BCUT2D eigenvalue weighted by Crippen LogP contribution is 2.32. The van der Waals surface area contributed by atoms with Crippen molar-refractivity contribution in [3.8, 4) is 0 Å². The third kappa shape index (κ3) is 3.20. The van der Waals surface area contributed by atoms with Crippen molar-refractivity contribution in [2.45, 2.75) is 23.7 Å². The number of hydrogen-bond donors (Lipinski definition) is 1. The van der Waals surface area contributed by atoms with Crippen LogP contribution >= 0.6 is 0 Å². The lowest BCUT2D eigenvalue weighted by Crippen LogP contribution is -2.60. The number of hydrogen-bond acceptors (Lipinski definition) is 5. The zero-order valence-corrected chi connectivity index (χ0v) is 14.7. The molecule has 132 valence electrons. The zero-order chi connectivity index (χ0) is 17.2. The third-order valence-electron chi connectivity index (χ3n) is 5.04. The maximum absolute atomic E-state index is 13.2. The number of nitrogens with one attached hydrogen (secondary N) is 1. The molecule has 2 saturated heterocycles. The fourth-order valence-corrected chi connectivity index (χ4v) is 4.96. The summed E-state index contributed by atoms with van der Waals surface area (Å²) in [6, 6.07) is 9.74. The Hall–Kier alpha value is -1.44. The molecule has 7 heteroatoms. The van der Waals surface area contributed by atoms with E-state index in [1.165, 1.54) is 6.26 Å². The fourth-order valence-electron chi connectivity index (χ4n) is 3.57. The van der Waals surface area contributed by atoms with Crippen molar-refractivity contribution in [2.24, 2.45) is 0 Å². The second kappa shape index (κ2) is 6.82. The number of rotatable bonds is 3. The van der Waals surface area contributed by atoms with Gasteiger partial charge < -0.3 is 15.0 Å². The number of morpholine rings is 1. The van der Waals surface area contributed by atoms with Gasteiger partial charge >= 0.3 is 0 Å². The Labute approximate surface area is 143 Å². The first-order valence-corrected chi connectivity index (χ1v) is 10.2. The number of amides is 1. The SMILES string of the molecule is CS(=O)(=O)C1(C(=O)N2CCOC(c3ccccc3)C2)CCNCC1. The van der Waals surface area contributed by atoms with Gasteiger partial charge in [0.2, 0.25) is 5.91 Å². The summed E-state index contributed by atoms with van der Waals surface area (Å²) in [6.45, 7) is 2.35. The Kier molecular flexibility index (Phi) is 4.94. The summed E-state index contributed by atoms with van der Waals surface area (Å²) >= 11 is 0. The molecule has 1 atom stereocenters. The van der Waals surface area contributed by atoms with Gasteiger partial charge in [-0.05, 0) is 31.5 Å². The molecule has 1 unspecified atom stereocenters. The molecule has 2 aliphatic heterocycles. The molecule has 2 fully saturated rings. The summed E-state index contributed by atoms with van der Waals surface area (Å²) in [5, 5.41) is 3.14. The Morgan fingerprint density at radius 3 is 2.54 bits per heavy atom. The van der Waals surface area contributed by atoms with Gasteiger partial charge in [-0.3, -0.25) is 4.79 Å². The van der Waals surface area contributed by atoms with Crippen LogP contribution in [0.5, 0.6) is 0 Å². The molecule has 1 amide bonds. The summed E-state index contributed by atoms with van der Waals surface area (Å²) in [6.07, 6.45) is 1.64. The molecule has 0 spiro atoms. The highest BCUT2D eigenvalue weighted by atomic mass is 32.2. The number of sulfone groups is 1. The highest BCUT2D eigenvalue weighted by molar-refractivity contribution is 7.92. The molecule has 0 saturated carbocycles. The summed E-state index contributed by atoms with van der Waals surface area (Å²) in [7, 11) is -3.49. The van der Waals surface area contributed by atoms with Gasteiger partial charge in [0.05, 0.1) is 13.2 Å². The molecule has 1 N–H and O–H groups in total. The molecule has 0 aromatic heterocycles. The number of carbonyl (C=O) groups is 1. The number of nitrogens with zero attached hydrogens (tertiary/aromatic N) is 1. The van der Waals surface area contributed by atoms with Gasteiger partial charge in [0, 0.05) is 12.8 Å². The Balaban J connectivity index is 1.83. The molecule has 24 heavy (non-hydrogen) atoms. The predicted octanol–water partition coefficient (Wildman–Crippen LogP) is 0.753. The fraction of sp³-hybridized carbons (Fsp3) is 0.588. The van der Waals surface area contributed by atoms with E-state index in [2.05, 4.69) is 5.32 Å². The van der Waals surface area contributed by atoms with Gasteiger partial charge in [-0.25, -0.2) is 8.42 Å². The number of ether oxygens (including phenoxy) is 1. The predicted molar refractivity (Wildman–Crippen MR) is 91.4 cm³/mol. The molecule has 0 radical (unpaired) electrons. The number of benzene rings is 1. The van der Waals surface area contributed by atoms with E-state index in [-0.39, 0.29) is 12.0 Å². The molecule has 3 rings (SSSR count). The largest absolute Gasteiger partial charge is 0.370 e. The van der Waals surface area contributed by atoms with Gasteiger partial charge in [-0.2, -0.15) is 0 Å². The van der Waals surface area contributed by atoms with E-state index in [0.29, 0.717) is 45.6 Å². The van der Waals surface area contributed by atoms with E-state index in [0.717, 1.165) is 5.56 Å². The molecule has 2 heterocycles. The minimum Gasteiger partial charge on any atom is -0.370 e. The summed E-state index contributed by atoms with van der Waals surface area (Å²) < 4.78 is 29.4. The van der Waals surface area contributed by atoms with E-state index >= 15 is 0 Å². The molecule has 1 aromatic carbocycles. The second-order valence-electron chi connectivity index (χ2n) is 6.54. The maximum atomic E-state index is 13.2. The van der Waals surface area contributed by atoms with Crippen LogP contribution in [0.4, 0.5) is 0 Å². The number of piperidine rings is 1. The first-order valence-electron chi connectivity index (χ1n) is 8.30. The van der Waals surface area contributed by atoms with E-state index in [4.69, 9.17) is 4.74 Å². The first-order chi connectivity index (χ1) is 11.4. The normalized spacial score (nSPS) is 24.5. The van der Waals surface area contributed by atoms with E-state index in [1.807, 2.05) is 30.3 Å². The zero-order valence-electron chi connectivity index (χ0n) is 13.9. The van der Waals surface area contributed by atoms with Gasteiger partial charge in [0.25, 0.3) is 0 Å². The van der Waals surface area contributed by atoms with Crippen molar-refractivity contribution >= 4 is 15.7 Å². The Morgan fingerprint density at radius 1 is 1.25 bits per heavy atom. The minimum atomic E-state index is -3.49. The summed E-state index contributed by atoms with van der Waals surface area (Å²) in [5.41, 5.74) is 1.01. The lowest BCUT2D eigenvalue weighted by atomic mass is 9.94. The maximum Gasteiger partial charge on any atom is 0.244 e. The smallest absolute Gasteiger partial charge is 0.244 e. The van der Waals surface area contributed by atoms with E-state index in [1.54, 1.807) is 4.90 Å². The molecule has 1 aromatic rings. The van der Waals surface area contributed by atoms with Crippen LogP contribution in [0.25, 0.3) is 0 Å². The minimum absolute atomic E-state index is 0.206. The van der Waals surface area contributed by atoms with Crippen LogP contribution in [-0.4, -0.2) is 63.0 Å². The summed E-state index contributed by atoms with van der Waals surface area (Å²) in [4.78, 5) is 14.8. The standard InChI is InChI=1S/C17H24N2O4S/c1-24(21,22)17(7-9-18-10-8-17)16(20)19-11-12-23-15(13-19)14-5-3-2-4-6-14/h2-6,15,18H,7-13H2,1H3. The summed E-state index contributed by atoms with van der Waals surface area (Å²) in [5.74, 6) is -0.268. The lowest BCUT2D eigenvalue weighted by Gasteiger charge is -2.41. The van der Waals surface area contributed by atoms with Gasteiger partial charge in [-0.1, -0.05) is 30.3 Å². The average Bonchev–Trinajstić information content (AvgIpc) is 2.61. The van der Waals surface area contributed by atoms with Crippen LogP contribution in [0.2, 0.25) is 0 Å². The van der Waals surface area contributed by atoms with Crippen LogP contribution < -0.4 is 5.32 Å². The molecular weight excluding hydrogens is 328 g/mol. The van der Waals surface area contributed by atoms with Crippen molar-refractivity contribution in [1.29, 1.82) is 0 Å². The van der Waals surface area contributed by atoms with Gasteiger partial charge in [-0.15, -0.1) is 0 Å². The van der Waals surface area contributed by atoms with Crippen molar-refractivity contribution in [3.05, 3.63) is 35.9 Å². The molecule has 0 aliphatic carbocycles. The monoisotopic (exact) mass is 352 g/mol. The van der Waals surface area contributed by atoms with E-state index in [9.17, 15) is 13.2 Å². The highest BCUT2D eigenvalue weighted by Gasteiger charge is 2.51. The van der Waals surface area contributed by atoms with Crippen molar-refractivity contribution in [2.75, 3.05) is 39.0 Å². The van der Waals surface area contributed by atoms with Gasteiger partial charge in [0.15, 0.2) is 14.6 Å². The van der Waals surface area contributed by atoms with Crippen molar-refractivity contribution < 1.29 is 17.9 Å². The molecule has 6 nitrogen and oxygen atoms in total. The Bertz CT molecular complexity index is 684. The average molecular weight is 352 g/mol. The number of carbonyl (C=O) groups excluding carboxylic acids is 1. The second-order valence-corrected chi connectivity index (χ2v) is 8.86. The topological polar surface area (TPSA) is 75.7 Å².